The van der Waals surface area contributed by atoms with Crippen LogP contribution in [0.15, 0.2) is 0 Å². The van der Waals surface area contributed by atoms with E-state index in [1.54, 1.807) is 0 Å². The van der Waals surface area contributed by atoms with Gasteiger partial charge in [0.15, 0.2) is 0 Å². The van der Waals surface area contributed by atoms with Gasteiger partial charge in [0.25, 0.3) is 0 Å². The number of rotatable bonds is 11. The van der Waals surface area contributed by atoms with Gasteiger partial charge in [-0.2, -0.15) is 0 Å². The number of unbranched alkanes of at least 4 members (excludes halogenated alkanes) is 9. The minimum absolute atomic E-state index is 0.0421. The van der Waals surface area contributed by atoms with Crippen molar-refractivity contribution in [3.63, 3.8) is 0 Å². The van der Waals surface area contributed by atoms with Gasteiger partial charge in [0.1, 0.15) is 0 Å². The molecule has 0 fully saturated rings. The van der Waals surface area contributed by atoms with Gasteiger partial charge < -0.3 is 0 Å². The van der Waals surface area contributed by atoms with Crippen LogP contribution in [-0.2, 0) is 4.79 Å². The van der Waals surface area contributed by atoms with Gasteiger partial charge in [-0.1, -0.05) is 64.7 Å². The minimum atomic E-state index is -0.0421. The smallest absolute Gasteiger partial charge is 0.233 e. The predicted octanol–water partition coefficient (Wildman–Crippen LogP) is 3.29. The van der Waals surface area contributed by atoms with E-state index >= 15 is 0 Å². The zero-order valence-corrected chi connectivity index (χ0v) is 10.8. The Morgan fingerprint density at radius 1 is 0.875 bits per heavy atom. The summed E-state index contributed by atoms with van der Waals surface area (Å²) in [6, 6.07) is 0. The normalized spacial score (nSPS) is 10.4. The molecule has 0 unspecified atom stereocenters. The lowest BCUT2D eigenvalue weighted by Crippen LogP contribution is -2.29. The average molecular weight is 228 g/mol. The maximum atomic E-state index is 10.8. The molecular formula is C13H28N2O. The zero-order chi connectivity index (χ0) is 12.1. The summed E-state index contributed by atoms with van der Waals surface area (Å²) < 4.78 is 0. The first kappa shape index (κ1) is 15.4. The van der Waals surface area contributed by atoms with Crippen LogP contribution in [0, 0.1) is 0 Å². The van der Waals surface area contributed by atoms with E-state index in [1.807, 2.05) is 0 Å². The Kier molecular flexibility index (Phi) is 12.1. The molecule has 0 radical (unpaired) electrons. The lowest BCUT2D eigenvalue weighted by Gasteiger charge is -2.02. The lowest BCUT2D eigenvalue weighted by molar-refractivity contribution is -0.121. The molecule has 0 aromatic carbocycles. The number of hydrogen-bond donors (Lipinski definition) is 2. The first-order valence-corrected chi connectivity index (χ1v) is 6.80. The second-order valence-electron chi connectivity index (χ2n) is 4.50. The fraction of sp³-hybridized carbons (Fsp3) is 0.923. The first-order chi connectivity index (χ1) is 7.81. The van der Waals surface area contributed by atoms with Crippen molar-refractivity contribution in [2.45, 2.75) is 77.6 Å². The molecule has 0 aliphatic carbocycles. The van der Waals surface area contributed by atoms with E-state index in [2.05, 4.69) is 12.3 Å². The molecule has 16 heavy (non-hydrogen) atoms. The number of amides is 1. The van der Waals surface area contributed by atoms with Gasteiger partial charge in [-0.05, 0) is 6.42 Å². The molecule has 0 aliphatic heterocycles. The lowest BCUT2D eigenvalue weighted by atomic mass is 10.1. The molecule has 0 heterocycles. The SMILES string of the molecule is CCCCCCCCCCCCC(=O)NN. The molecule has 0 saturated carbocycles. The summed E-state index contributed by atoms with van der Waals surface area (Å²) in [4.78, 5) is 10.8. The van der Waals surface area contributed by atoms with Crippen LogP contribution in [-0.4, -0.2) is 5.91 Å². The molecule has 3 heteroatoms. The number of nitrogens with one attached hydrogen (secondary N) is 1. The quantitative estimate of drug-likeness (QED) is 0.247. The van der Waals surface area contributed by atoms with Crippen LogP contribution in [0.5, 0.6) is 0 Å². The Morgan fingerprint density at radius 3 is 1.75 bits per heavy atom. The fourth-order valence-corrected chi connectivity index (χ4v) is 1.85. The summed E-state index contributed by atoms with van der Waals surface area (Å²) in [5.74, 6) is 4.95. The summed E-state index contributed by atoms with van der Waals surface area (Å²) >= 11 is 0. The van der Waals surface area contributed by atoms with Crippen molar-refractivity contribution < 1.29 is 4.79 Å². The molecule has 0 rings (SSSR count). The van der Waals surface area contributed by atoms with E-state index in [1.165, 1.54) is 51.4 Å². The number of hydrogen-bond acceptors (Lipinski definition) is 2. The second kappa shape index (κ2) is 12.5. The number of carbonyl (C=O) groups excluding carboxylic acids is 1. The summed E-state index contributed by atoms with van der Waals surface area (Å²) in [6.45, 7) is 2.25. The van der Waals surface area contributed by atoms with Crippen molar-refractivity contribution in [2.75, 3.05) is 0 Å². The Labute approximate surface area is 100 Å². The first-order valence-electron chi connectivity index (χ1n) is 6.80. The van der Waals surface area contributed by atoms with Crippen molar-refractivity contribution in [1.29, 1.82) is 0 Å². The number of hydrazine groups is 1. The molecule has 96 valence electrons. The minimum Gasteiger partial charge on any atom is -0.294 e. The van der Waals surface area contributed by atoms with Crippen LogP contribution in [0.25, 0.3) is 0 Å². The third kappa shape index (κ3) is 11.5. The molecule has 0 atom stereocenters. The largest absolute Gasteiger partial charge is 0.294 e. The van der Waals surface area contributed by atoms with Gasteiger partial charge in [-0.3, -0.25) is 10.2 Å². The molecule has 0 aromatic rings. The molecule has 0 bridgehead atoms. The second-order valence-corrected chi connectivity index (χ2v) is 4.50. The van der Waals surface area contributed by atoms with Crippen molar-refractivity contribution >= 4 is 5.91 Å². The van der Waals surface area contributed by atoms with Gasteiger partial charge in [0, 0.05) is 6.42 Å². The molecule has 0 aromatic heterocycles. The molecule has 0 aliphatic rings. The Balaban J connectivity index is 2.96. The van der Waals surface area contributed by atoms with Crippen LogP contribution >= 0.6 is 0 Å². The highest BCUT2D eigenvalue weighted by Crippen LogP contribution is 2.10. The Bertz CT molecular complexity index is 160. The van der Waals surface area contributed by atoms with Crippen molar-refractivity contribution in [3.8, 4) is 0 Å². The Hall–Kier alpha value is -0.570. The zero-order valence-electron chi connectivity index (χ0n) is 10.8. The predicted molar refractivity (Wildman–Crippen MR) is 68.8 cm³/mol. The van der Waals surface area contributed by atoms with Crippen LogP contribution in [0.4, 0.5) is 0 Å². The van der Waals surface area contributed by atoms with E-state index in [-0.39, 0.29) is 5.91 Å². The van der Waals surface area contributed by atoms with Gasteiger partial charge in [-0.25, -0.2) is 5.84 Å². The van der Waals surface area contributed by atoms with Gasteiger partial charge in [0.2, 0.25) is 5.91 Å². The summed E-state index contributed by atoms with van der Waals surface area (Å²) in [7, 11) is 0. The molecule has 1 amide bonds. The van der Waals surface area contributed by atoms with Crippen LogP contribution in [0.2, 0.25) is 0 Å². The van der Waals surface area contributed by atoms with E-state index in [0.717, 1.165) is 12.8 Å². The van der Waals surface area contributed by atoms with Gasteiger partial charge in [0.05, 0.1) is 0 Å². The highest BCUT2D eigenvalue weighted by Gasteiger charge is 1.97. The summed E-state index contributed by atoms with van der Waals surface area (Å²) in [6.07, 6.45) is 13.5. The maximum absolute atomic E-state index is 10.8. The van der Waals surface area contributed by atoms with E-state index in [9.17, 15) is 4.79 Å². The fourth-order valence-electron chi connectivity index (χ4n) is 1.85. The molecule has 0 spiro atoms. The van der Waals surface area contributed by atoms with Gasteiger partial charge >= 0.3 is 0 Å². The molecule has 3 N–H and O–H groups in total. The topological polar surface area (TPSA) is 55.1 Å². The van der Waals surface area contributed by atoms with Crippen molar-refractivity contribution in [3.05, 3.63) is 0 Å². The van der Waals surface area contributed by atoms with Crippen LogP contribution in [0.3, 0.4) is 0 Å². The van der Waals surface area contributed by atoms with E-state index < -0.39 is 0 Å². The van der Waals surface area contributed by atoms with Crippen LogP contribution in [0.1, 0.15) is 77.6 Å². The number of nitrogens with two attached hydrogens (primary N) is 1. The third-order valence-corrected chi connectivity index (χ3v) is 2.92. The van der Waals surface area contributed by atoms with Crippen molar-refractivity contribution in [2.24, 2.45) is 5.84 Å². The van der Waals surface area contributed by atoms with Crippen LogP contribution < -0.4 is 11.3 Å². The Morgan fingerprint density at radius 2 is 1.31 bits per heavy atom. The van der Waals surface area contributed by atoms with E-state index in [0.29, 0.717) is 6.42 Å². The summed E-state index contributed by atoms with van der Waals surface area (Å²) in [5.41, 5.74) is 2.16. The van der Waals surface area contributed by atoms with E-state index in [4.69, 9.17) is 5.84 Å². The maximum Gasteiger partial charge on any atom is 0.233 e. The summed E-state index contributed by atoms with van der Waals surface area (Å²) in [5, 5.41) is 0. The monoisotopic (exact) mass is 228 g/mol. The molecule has 3 nitrogen and oxygen atoms in total. The molecular weight excluding hydrogens is 200 g/mol. The average Bonchev–Trinajstić information content (AvgIpc) is 2.31. The molecule has 0 saturated heterocycles. The van der Waals surface area contributed by atoms with Crippen molar-refractivity contribution in [1.82, 2.24) is 5.43 Å². The highest BCUT2D eigenvalue weighted by atomic mass is 16.2. The van der Waals surface area contributed by atoms with Gasteiger partial charge in [-0.15, -0.1) is 0 Å². The number of carbonyl (C=O) groups is 1. The standard InChI is InChI=1S/C13H28N2O/c1-2-3-4-5-6-7-8-9-10-11-12-13(16)15-14/h2-12,14H2,1H3,(H,15,16). The highest BCUT2D eigenvalue weighted by molar-refractivity contribution is 5.74. The third-order valence-electron chi connectivity index (χ3n) is 2.92.